The second-order valence-electron chi connectivity index (χ2n) is 1.57. The summed E-state index contributed by atoms with van der Waals surface area (Å²) in [4.78, 5) is 19.5. The second kappa shape index (κ2) is 7.96. The number of carboxylic acids is 2. The zero-order valence-corrected chi connectivity index (χ0v) is 8.33. The van der Waals surface area contributed by atoms with Gasteiger partial charge in [0.2, 0.25) is 0 Å². The Morgan fingerprint density at radius 2 is 1.00 bits per heavy atom. The Labute approximate surface area is 98.6 Å². The molecule has 0 aromatic heterocycles. The van der Waals surface area contributed by atoms with Gasteiger partial charge in [0.05, 0.1) is 0 Å². The van der Waals surface area contributed by atoms with Crippen molar-refractivity contribution in [1.29, 1.82) is 0 Å². The van der Waals surface area contributed by atoms with Crippen LogP contribution < -0.4 is 0 Å². The van der Waals surface area contributed by atoms with Crippen LogP contribution in [-0.4, -0.2) is 44.6 Å². The quantitative estimate of drug-likeness (QED) is 0.425. The third-order valence-corrected chi connectivity index (χ3v) is 0.805. The van der Waals surface area contributed by atoms with E-state index in [1.807, 2.05) is 0 Å². The molecule has 2 radical (unpaired) electrons. The van der Waals surface area contributed by atoms with Gasteiger partial charge in [-0.2, -0.15) is 0 Å². The van der Waals surface area contributed by atoms with Gasteiger partial charge < -0.3 is 20.4 Å². The number of rotatable bonds is 3. The standard InChI is InChI=1S/C4H6O6.2Ag/c5-1(3(7)8)2(6)4(9)10;;/h1-2,5-6H,(H,7,8)(H,9,10);;. The smallest absolute Gasteiger partial charge is 0.335 e. The number of carboxylic acid groups (broad SMARTS) is 2. The van der Waals surface area contributed by atoms with Gasteiger partial charge in [-0.1, -0.05) is 0 Å². The maximum atomic E-state index is 9.77. The van der Waals surface area contributed by atoms with E-state index >= 15 is 0 Å². The molecule has 0 amide bonds. The number of hydrogen-bond donors (Lipinski definition) is 4. The third-order valence-electron chi connectivity index (χ3n) is 0.805. The van der Waals surface area contributed by atoms with Crippen molar-refractivity contribution in [2.24, 2.45) is 0 Å². The maximum Gasteiger partial charge on any atom is 0.335 e. The number of aliphatic hydroxyl groups excluding tert-OH is 2. The summed E-state index contributed by atoms with van der Waals surface area (Å²) >= 11 is 0. The van der Waals surface area contributed by atoms with Gasteiger partial charge in [0.15, 0.2) is 12.2 Å². The van der Waals surface area contributed by atoms with E-state index in [1.54, 1.807) is 0 Å². The van der Waals surface area contributed by atoms with E-state index in [1.165, 1.54) is 0 Å². The first-order valence-electron chi connectivity index (χ1n) is 2.28. The molecule has 0 spiro atoms. The molecule has 0 bridgehead atoms. The van der Waals surface area contributed by atoms with Crippen molar-refractivity contribution in [2.45, 2.75) is 12.2 Å². The largest absolute Gasteiger partial charge is 0.479 e. The first-order chi connectivity index (χ1) is 4.46. The molecule has 12 heavy (non-hydrogen) atoms. The van der Waals surface area contributed by atoms with Crippen LogP contribution in [0.1, 0.15) is 0 Å². The zero-order chi connectivity index (χ0) is 8.31. The maximum absolute atomic E-state index is 9.77. The predicted octanol–water partition coefficient (Wildman–Crippen LogP) is -2.13. The van der Waals surface area contributed by atoms with Crippen molar-refractivity contribution in [3.8, 4) is 0 Å². The van der Waals surface area contributed by atoms with Crippen LogP contribution in [0.5, 0.6) is 0 Å². The fourth-order valence-electron chi connectivity index (χ4n) is 0.270. The Bertz CT molecular complexity index is 142. The summed E-state index contributed by atoms with van der Waals surface area (Å²) in [6.45, 7) is 0. The minimum atomic E-state index is -2.27. The number of hydrogen-bond acceptors (Lipinski definition) is 4. The van der Waals surface area contributed by atoms with Gasteiger partial charge in [-0.3, -0.25) is 0 Å². The topological polar surface area (TPSA) is 115 Å². The summed E-state index contributed by atoms with van der Waals surface area (Å²) in [6.07, 6.45) is -4.53. The van der Waals surface area contributed by atoms with Crippen molar-refractivity contribution in [2.75, 3.05) is 0 Å². The Morgan fingerprint density at radius 1 is 0.833 bits per heavy atom. The van der Waals surface area contributed by atoms with E-state index in [0.717, 1.165) is 0 Å². The van der Waals surface area contributed by atoms with Crippen LogP contribution >= 0.6 is 0 Å². The predicted molar refractivity (Wildman–Crippen MR) is 27.3 cm³/mol. The number of carbonyl (C=O) groups is 2. The molecule has 0 aromatic carbocycles. The SMILES string of the molecule is O=C(O)C(O)C(O)C(=O)O.[Ag].[Ag]. The van der Waals surface area contributed by atoms with Crippen molar-refractivity contribution in [1.82, 2.24) is 0 Å². The summed E-state index contributed by atoms with van der Waals surface area (Å²) < 4.78 is 0. The summed E-state index contributed by atoms with van der Waals surface area (Å²) in [5, 5.41) is 32.5. The van der Waals surface area contributed by atoms with Crippen LogP contribution in [0.25, 0.3) is 0 Å². The molecule has 0 aromatic rings. The molecule has 0 aliphatic rings. The molecule has 0 saturated heterocycles. The minimum absolute atomic E-state index is 0. The summed E-state index contributed by atoms with van der Waals surface area (Å²) in [5.41, 5.74) is 0. The molecule has 0 rings (SSSR count). The molecule has 8 heteroatoms. The number of aliphatic hydroxyl groups is 2. The first-order valence-corrected chi connectivity index (χ1v) is 2.28. The van der Waals surface area contributed by atoms with Crippen molar-refractivity contribution >= 4 is 11.9 Å². The monoisotopic (exact) mass is 364 g/mol. The van der Waals surface area contributed by atoms with Crippen LogP contribution in [0.15, 0.2) is 0 Å². The van der Waals surface area contributed by atoms with Crippen molar-refractivity contribution < 1.29 is 74.8 Å². The van der Waals surface area contributed by atoms with Gasteiger partial charge in [-0.25, -0.2) is 9.59 Å². The fourth-order valence-corrected chi connectivity index (χ4v) is 0.270. The van der Waals surface area contributed by atoms with E-state index in [0.29, 0.717) is 0 Å². The van der Waals surface area contributed by atoms with Gasteiger partial charge >= 0.3 is 11.9 Å². The Balaban J connectivity index is -0.000000405. The molecule has 6 nitrogen and oxygen atoms in total. The van der Waals surface area contributed by atoms with Crippen molar-refractivity contribution in [3.05, 3.63) is 0 Å². The van der Waals surface area contributed by atoms with Crippen LogP contribution in [0.2, 0.25) is 0 Å². The average molecular weight is 366 g/mol. The van der Waals surface area contributed by atoms with E-state index < -0.39 is 24.1 Å². The van der Waals surface area contributed by atoms with E-state index in [9.17, 15) is 9.59 Å². The molecule has 0 aliphatic heterocycles. The molecule has 0 heterocycles. The molecule has 0 saturated carbocycles. The van der Waals surface area contributed by atoms with Gasteiger partial charge in [0.1, 0.15) is 0 Å². The molecule has 2 unspecified atom stereocenters. The Kier molecular flexibility index (Phi) is 12.1. The molecule has 80 valence electrons. The van der Waals surface area contributed by atoms with Crippen LogP contribution in [0, 0.1) is 0 Å². The normalized spacial score (nSPS) is 13.2. The zero-order valence-electron chi connectivity index (χ0n) is 5.36. The van der Waals surface area contributed by atoms with Gasteiger partial charge in [0.25, 0.3) is 0 Å². The van der Waals surface area contributed by atoms with Crippen molar-refractivity contribution in [3.63, 3.8) is 0 Å². The number of aliphatic carboxylic acids is 2. The third kappa shape index (κ3) is 5.92. The summed E-state index contributed by atoms with van der Waals surface area (Å²) in [5.74, 6) is -3.54. The van der Waals surface area contributed by atoms with Crippen LogP contribution in [0.3, 0.4) is 0 Å². The molecule has 2 atom stereocenters. The van der Waals surface area contributed by atoms with Gasteiger partial charge in [-0.05, 0) is 0 Å². The average Bonchev–Trinajstić information content (AvgIpc) is 1.84. The summed E-state index contributed by atoms with van der Waals surface area (Å²) in [7, 11) is 0. The minimum Gasteiger partial charge on any atom is -0.479 e. The van der Waals surface area contributed by atoms with Gasteiger partial charge in [0, 0.05) is 44.8 Å². The Hall–Kier alpha value is 0.341. The van der Waals surface area contributed by atoms with Crippen LogP contribution in [0.4, 0.5) is 0 Å². The van der Waals surface area contributed by atoms with E-state index in [-0.39, 0.29) is 44.8 Å². The molecule has 0 fully saturated rings. The fraction of sp³-hybridized carbons (Fsp3) is 0.500. The van der Waals surface area contributed by atoms with E-state index in [4.69, 9.17) is 20.4 Å². The van der Waals surface area contributed by atoms with Crippen LogP contribution in [-0.2, 0) is 54.3 Å². The summed E-state index contributed by atoms with van der Waals surface area (Å²) in [6, 6.07) is 0. The second-order valence-corrected chi connectivity index (χ2v) is 1.57. The van der Waals surface area contributed by atoms with E-state index in [2.05, 4.69) is 0 Å². The molecule has 0 aliphatic carbocycles. The first kappa shape index (κ1) is 18.2. The molecular formula is C4H6Ag2O6. The molecular weight excluding hydrogens is 360 g/mol. The Morgan fingerprint density at radius 3 is 1.08 bits per heavy atom. The van der Waals surface area contributed by atoms with Gasteiger partial charge in [-0.15, -0.1) is 0 Å². The molecule has 4 N–H and O–H groups in total.